The molecule has 2 aromatic carbocycles. The molecule has 0 aliphatic heterocycles. The Morgan fingerprint density at radius 2 is 1.72 bits per heavy atom. The number of thioether (sulfide) groups is 1. The van der Waals surface area contributed by atoms with Crippen LogP contribution in [-0.2, 0) is 12.8 Å². The lowest BCUT2D eigenvalue weighted by Crippen LogP contribution is -2.27. The van der Waals surface area contributed by atoms with Gasteiger partial charge in [0, 0.05) is 10.1 Å². The highest BCUT2D eigenvalue weighted by Gasteiger charge is 2.17. The fraction of sp³-hybridized carbons (Fsp3) is 0.409. The quantitative estimate of drug-likeness (QED) is 0.713. The van der Waals surface area contributed by atoms with Crippen molar-refractivity contribution in [1.29, 1.82) is 0 Å². The van der Waals surface area contributed by atoms with E-state index < -0.39 is 0 Å². The smallest absolute Gasteiger partial charge is 0.252 e. The zero-order valence-electron chi connectivity index (χ0n) is 15.3. The molecule has 0 saturated heterocycles. The zero-order valence-corrected chi connectivity index (χ0v) is 16.2. The molecule has 3 heteroatoms. The molecule has 0 spiro atoms. The van der Waals surface area contributed by atoms with Gasteiger partial charge in [-0.3, -0.25) is 4.79 Å². The largest absolute Gasteiger partial charge is 0.345 e. The standard InChI is InChI=1S/C22H27NOS/c1-15(2)25-21-11-7-6-10-20(21)22(24)23-16(3)18-13-12-17-8-4-5-9-19(17)14-18/h6-7,10-16H,4-5,8-9H2,1-3H3,(H,23,24)/t16-/m1/s1. The van der Waals surface area contributed by atoms with Crippen molar-refractivity contribution in [3.8, 4) is 0 Å². The van der Waals surface area contributed by atoms with Crippen LogP contribution in [-0.4, -0.2) is 11.2 Å². The predicted octanol–water partition coefficient (Wildman–Crippen LogP) is 5.56. The van der Waals surface area contributed by atoms with Crippen LogP contribution in [0.2, 0.25) is 0 Å². The summed E-state index contributed by atoms with van der Waals surface area (Å²) in [4.78, 5) is 13.8. The van der Waals surface area contributed by atoms with Crippen LogP contribution in [0, 0.1) is 0 Å². The normalized spacial score (nSPS) is 14.9. The molecule has 2 nitrogen and oxygen atoms in total. The van der Waals surface area contributed by atoms with Gasteiger partial charge in [-0.15, -0.1) is 11.8 Å². The number of benzene rings is 2. The minimum Gasteiger partial charge on any atom is -0.345 e. The van der Waals surface area contributed by atoms with Crippen molar-refractivity contribution >= 4 is 17.7 Å². The van der Waals surface area contributed by atoms with Gasteiger partial charge in [0.2, 0.25) is 0 Å². The maximum atomic E-state index is 12.8. The van der Waals surface area contributed by atoms with Crippen LogP contribution in [0.25, 0.3) is 0 Å². The number of amides is 1. The monoisotopic (exact) mass is 353 g/mol. The van der Waals surface area contributed by atoms with Crippen molar-refractivity contribution in [2.75, 3.05) is 0 Å². The van der Waals surface area contributed by atoms with Crippen molar-refractivity contribution in [1.82, 2.24) is 5.32 Å². The second kappa shape index (κ2) is 8.09. The van der Waals surface area contributed by atoms with E-state index in [0.717, 1.165) is 16.9 Å². The summed E-state index contributed by atoms with van der Waals surface area (Å²) >= 11 is 1.73. The van der Waals surface area contributed by atoms with Crippen molar-refractivity contribution in [2.45, 2.75) is 62.6 Å². The first-order chi connectivity index (χ1) is 12.0. The Labute approximate surface area is 155 Å². The molecular weight excluding hydrogens is 326 g/mol. The van der Waals surface area contributed by atoms with E-state index in [-0.39, 0.29) is 11.9 Å². The first kappa shape index (κ1) is 18.1. The van der Waals surface area contributed by atoms with E-state index in [1.165, 1.54) is 36.0 Å². The van der Waals surface area contributed by atoms with Gasteiger partial charge in [0.1, 0.15) is 0 Å². The van der Waals surface area contributed by atoms with Crippen LogP contribution in [0.3, 0.4) is 0 Å². The second-order valence-corrected chi connectivity index (χ2v) is 8.71. The average molecular weight is 354 g/mol. The van der Waals surface area contributed by atoms with Gasteiger partial charge >= 0.3 is 0 Å². The van der Waals surface area contributed by atoms with E-state index in [4.69, 9.17) is 0 Å². The van der Waals surface area contributed by atoms with E-state index in [2.05, 4.69) is 44.3 Å². The molecule has 1 atom stereocenters. The minimum absolute atomic E-state index is 0.00831. The molecule has 2 aromatic rings. The maximum Gasteiger partial charge on any atom is 0.252 e. The molecule has 1 amide bonds. The van der Waals surface area contributed by atoms with Gasteiger partial charge in [0.15, 0.2) is 0 Å². The highest BCUT2D eigenvalue weighted by Crippen LogP contribution is 2.28. The Morgan fingerprint density at radius 3 is 2.48 bits per heavy atom. The lowest BCUT2D eigenvalue weighted by molar-refractivity contribution is 0.0937. The van der Waals surface area contributed by atoms with E-state index >= 15 is 0 Å². The van der Waals surface area contributed by atoms with Gasteiger partial charge in [0.05, 0.1) is 11.6 Å². The average Bonchev–Trinajstić information content (AvgIpc) is 2.61. The highest BCUT2D eigenvalue weighted by molar-refractivity contribution is 8.00. The number of nitrogens with one attached hydrogen (secondary N) is 1. The fourth-order valence-corrected chi connectivity index (χ4v) is 4.34. The van der Waals surface area contributed by atoms with Gasteiger partial charge < -0.3 is 5.32 Å². The zero-order chi connectivity index (χ0) is 17.8. The molecular formula is C22H27NOS. The first-order valence-corrected chi connectivity index (χ1v) is 10.1. The third-order valence-electron chi connectivity index (χ3n) is 4.71. The number of aryl methyl sites for hydroxylation is 2. The summed E-state index contributed by atoms with van der Waals surface area (Å²) in [6.45, 7) is 6.37. The summed E-state index contributed by atoms with van der Waals surface area (Å²) in [5, 5.41) is 3.63. The van der Waals surface area contributed by atoms with Gasteiger partial charge in [-0.25, -0.2) is 0 Å². The molecule has 0 heterocycles. The number of rotatable bonds is 5. The summed E-state index contributed by atoms with van der Waals surface area (Å²) in [6.07, 6.45) is 4.92. The van der Waals surface area contributed by atoms with E-state index in [1.54, 1.807) is 11.8 Å². The van der Waals surface area contributed by atoms with Gasteiger partial charge in [-0.05, 0) is 61.4 Å². The lowest BCUT2D eigenvalue weighted by atomic mass is 9.89. The Kier molecular flexibility index (Phi) is 5.85. The molecule has 1 aliphatic rings. The molecule has 0 aromatic heterocycles. The van der Waals surface area contributed by atoms with Crippen molar-refractivity contribution in [3.05, 3.63) is 64.7 Å². The maximum absolute atomic E-state index is 12.8. The van der Waals surface area contributed by atoms with E-state index in [0.29, 0.717) is 5.25 Å². The number of carbonyl (C=O) groups excluding carboxylic acids is 1. The predicted molar refractivity (Wildman–Crippen MR) is 106 cm³/mol. The molecule has 3 rings (SSSR count). The highest BCUT2D eigenvalue weighted by atomic mass is 32.2. The van der Waals surface area contributed by atoms with Crippen molar-refractivity contribution in [3.63, 3.8) is 0 Å². The second-order valence-electron chi connectivity index (χ2n) is 7.09. The third-order valence-corrected chi connectivity index (χ3v) is 5.80. The van der Waals surface area contributed by atoms with Gasteiger partial charge in [-0.1, -0.05) is 44.2 Å². The topological polar surface area (TPSA) is 29.1 Å². The van der Waals surface area contributed by atoms with Crippen LogP contribution in [0.4, 0.5) is 0 Å². The molecule has 132 valence electrons. The lowest BCUT2D eigenvalue weighted by Gasteiger charge is -2.20. The van der Waals surface area contributed by atoms with E-state index in [1.807, 2.05) is 24.3 Å². The van der Waals surface area contributed by atoms with Gasteiger partial charge in [0.25, 0.3) is 5.91 Å². The molecule has 0 radical (unpaired) electrons. The molecule has 0 fully saturated rings. The Bertz CT molecular complexity index is 753. The van der Waals surface area contributed by atoms with Crippen LogP contribution in [0.15, 0.2) is 47.4 Å². The summed E-state index contributed by atoms with van der Waals surface area (Å²) in [5.74, 6) is 0.00831. The Balaban J connectivity index is 1.75. The minimum atomic E-state index is 0.00831. The molecule has 0 unspecified atom stereocenters. The molecule has 1 aliphatic carbocycles. The summed E-state index contributed by atoms with van der Waals surface area (Å²) < 4.78 is 0. The van der Waals surface area contributed by atoms with Crippen LogP contribution in [0.5, 0.6) is 0 Å². The number of fused-ring (bicyclic) bond motifs is 1. The van der Waals surface area contributed by atoms with Crippen molar-refractivity contribution < 1.29 is 4.79 Å². The number of carbonyl (C=O) groups is 1. The van der Waals surface area contributed by atoms with Crippen LogP contribution in [0.1, 0.15) is 66.7 Å². The first-order valence-electron chi connectivity index (χ1n) is 9.23. The molecule has 25 heavy (non-hydrogen) atoms. The number of hydrogen-bond donors (Lipinski definition) is 1. The Hall–Kier alpha value is -1.74. The summed E-state index contributed by atoms with van der Waals surface area (Å²) in [7, 11) is 0. The SMILES string of the molecule is CC(C)Sc1ccccc1C(=O)N[C@H](C)c1ccc2c(c1)CCCC2. The number of hydrogen-bond acceptors (Lipinski definition) is 2. The van der Waals surface area contributed by atoms with Crippen molar-refractivity contribution in [2.24, 2.45) is 0 Å². The third kappa shape index (κ3) is 4.46. The van der Waals surface area contributed by atoms with Crippen LogP contribution < -0.4 is 5.32 Å². The molecule has 0 saturated carbocycles. The summed E-state index contributed by atoms with van der Waals surface area (Å²) in [6, 6.07) is 14.6. The van der Waals surface area contributed by atoms with Crippen LogP contribution >= 0.6 is 11.8 Å². The fourth-order valence-electron chi connectivity index (χ4n) is 3.39. The van der Waals surface area contributed by atoms with E-state index in [9.17, 15) is 4.79 Å². The molecule has 0 bridgehead atoms. The molecule has 1 N–H and O–H groups in total. The van der Waals surface area contributed by atoms with Gasteiger partial charge in [-0.2, -0.15) is 0 Å². The summed E-state index contributed by atoms with van der Waals surface area (Å²) in [5.41, 5.74) is 4.90. The Morgan fingerprint density at radius 1 is 1.00 bits per heavy atom.